The highest BCUT2D eigenvalue weighted by atomic mass is 16.5. The zero-order valence-corrected chi connectivity index (χ0v) is 14.7. The smallest absolute Gasteiger partial charge is 0.229 e. The van der Waals surface area contributed by atoms with E-state index in [0.29, 0.717) is 31.1 Å². The van der Waals surface area contributed by atoms with Crippen LogP contribution in [-0.4, -0.2) is 48.0 Å². The lowest BCUT2D eigenvalue weighted by atomic mass is 10.2. The van der Waals surface area contributed by atoms with E-state index in [9.17, 15) is 9.59 Å². The van der Waals surface area contributed by atoms with Crippen LogP contribution in [0.1, 0.15) is 12.2 Å². The molecule has 0 bridgehead atoms. The quantitative estimate of drug-likeness (QED) is 0.907. The van der Waals surface area contributed by atoms with Crippen molar-refractivity contribution >= 4 is 23.3 Å². The van der Waals surface area contributed by atoms with Crippen molar-refractivity contribution in [3.63, 3.8) is 0 Å². The Balaban J connectivity index is 1.28. The number of aromatic nitrogens is 1. The lowest BCUT2D eigenvalue weighted by Crippen LogP contribution is -2.49. The van der Waals surface area contributed by atoms with Gasteiger partial charge in [-0.05, 0) is 25.5 Å². The van der Waals surface area contributed by atoms with Gasteiger partial charge in [0.05, 0.1) is 11.8 Å². The van der Waals surface area contributed by atoms with Crippen molar-refractivity contribution in [3.05, 3.63) is 42.2 Å². The molecule has 1 saturated carbocycles. The molecule has 7 heteroatoms. The van der Waals surface area contributed by atoms with Gasteiger partial charge in [0.1, 0.15) is 5.76 Å². The molecule has 7 nitrogen and oxygen atoms in total. The number of nitrogens with one attached hydrogen (secondary N) is 1. The van der Waals surface area contributed by atoms with Crippen LogP contribution in [0.15, 0.2) is 40.9 Å². The molecule has 4 rings (SSSR count). The number of hydrogen-bond acceptors (Lipinski definition) is 5. The van der Waals surface area contributed by atoms with Gasteiger partial charge in [-0.1, -0.05) is 23.4 Å². The van der Waals surface area contributed by atoms with Crippen LogP contribution in [-0.2, 0) is 9.59 Å². The van der Waals surface area contributed by atoms with E-state index in [0.717, 1.165) is 13.1 Å². The summed E-state index contributed by atoms with van der Waals surface area (Å²) in [6.07, 6.45) is 0.612. The van der Waals surface area contributed by atoms with Gasteiger partial charge in [-0.2, -0.15) is 0 Å². The minimum Gasteiger partial charge on any atom is -0.368 e. The number of amides is 2. The van der Waals surface area contributed by atoms with Crippen LogP contribution in [0.3, 0.4) is 0 Å². The number of anilines is 2. The lowest BCUT2D eigenvalue weighted by Gasteiger charge is -2.36. The molecule has 0 spiro atoms. The van der Waals surface area contributed by atoms with Crippen molar-refractivity contribution in [2.45, 2.75) is 13.3 Å². The molecule has 136 valence electrons. The molecule has 2 unspecified atom stereocenters. The van der Waals surface area contributed by atoms with Gasteiger partial charge in [0, 0.05) is 37.9 Å². The predicted molar refractivity (Wildman–Crippen MR) is 96.7 cm³/mol. The van der Waals surface area contributed by atoms with E-state index in [-0.39, 0.29) is 23.7 Å². The summed E-state index contributed by atoms with van der Waals surface area (Å²) in [6.45, 7) is 4.79. The van der Waals surface area contributed by atoms with Crippen LogP contribution in [0, 0.1) is 18.8 Å². The molecule has 1 aliphatic heterocycles. The predicted octanol–water partition coefficient (Wildman–Crippen LogP) is 1.91. The third-order valence-electron chi connectivity index (χ3n) is 5.04. The van der Waals surface area contributed by atoms with E-state index in [4.69, 9.17) is 4.52 Å². The number of para-hydroxylation sites is 1. The minimum atomic E-state index is -0.258. The molecule has 2 heterocycles. The standard InChI is InChI=1S/C19H22N4O3/c1-13-11-17(21-26-13)20-18(24)15-12-16(15)19(25)23-9-7-22(8-10-23)14-5-3-2-4-6-14/h2-6,11,15-16H,7-10,12H2,1H3,(H,20,21,24). The Hall–Kier alpha value is -2.83. The Labute approximate surface area is 151 Å². The van der Waals surface area contributed by atoms with Crippen molar-refractivity contribution in [1.82, 2.24) is 10.1 Å². The SMILES string of the molecule is Cc1cc(NC(=O)C2CC2C(=O)N2CCN(c3ccccc3)CC2)no1. The van der Waals surface area contributed by atoms with Gasteiger partial charge in [-0.15, -0.1) is 0 Å². The molecular weight excluding hydrogens is 332 g/mol. The summed E-state index contributed by atoms with van der Waals surface area (Å²) in [4.78, 5) is 29.1. The lowest BCUT2D eigenvalue weighted by molar-refractivity contribution is -0.134. The molecule has 1 N–H and O–H groups in total. The van der Waals surface area contributed by atoms with Crippen molar-refractivity contribution in [1.29, 1.82) is 0 Å². The summed E-state index contributed by atoms with van der Waals surface area (Å²) in [7, 11) is 0. The third kappa shape index (κ3) is 3.42. The molecule has 0 radical (unpaired) electrons. The summed E-state index contributed by atoms with van der Waals surface area (Å²) in [5.41, 5.74) is 1.19. The highest BCUT2D eigenvalue weighted by molar-refractivity contribution is 5.99. The van der Waals surface area contributed by atoms with Gasteiger partial charge in [0.25, 0.3) is 0 Å². The Kier molecular flexibility index (Phi) is 4.36. The van der Waals surface area contributed by atoms with Crippen LogP contribution in [0.25, 0.3) is 0 Å². The summed E-state index contributed by atoms with van der Waals surface area (Å²) in [5.74, 6) is 0.522. The van der Waals surface area contributed by atoms with E-state index in [1.807, 2.05) is 23.1 Å². The van der Waals surface area contributed by atoms with Crippen molar-refractivity contribution < 1.29 is 14.1 Å². The number of nitrogens with zero attached hydrogens (tertiary/aromatic N) is 3. The van der Waals surface area contributed by atoms with Crippen LogP contribution in [0.2, 0.25) is 0 Å². The molecule has 2 amide bonds. The average Bonchev–Trinajstić information content (AvgIpc) is 3.38. The first-order valence-electron chi connectivity index (χ1n) is 8.95. The molecule has 1 saturated heterocycles. The topological polar surface area (TPSA) is 78.7 Å². The van der Waals surface area contributed by atoms with E-state index in [1.165, 1.54) is 5.69 Å². The van der Waals surface area contributed by atoms with E-state index in [2.05, 4.69) is 27.5 Å². The third-order valence-corrected chi connectivity index (χ3v) is 5.04. The molecule has 2 atom stereocenters. The van der Waals surface area contributed by atoms with Gasteiger partial charge in [0.2, 0.25) is 11.8 Å². The number of aryl methyl sites for hydroxylation is 1. The number of benzene rings is 1. The monoisotopic (exact) mass is 354 g/mol. The first kappa shape index (κ1) is 16.6. The molecule has 2 fully saturated rings. The number of carbonyl (C=O) groups excluding carboxylic acids is 2. The first-order chi connectivity index (χ1) is 12.6. The van der Waals surface area contributed by atoms with Crippen molar-refractivity contribution in [2.24, 2.45) is 11.8 Å². The van der Waals surface area contributed by atoms with Crippen molar-refractivity contribution in [3.8, 4) is 0 Å². The molecule has 1 aromatic heterocycles. The number of piperazine rings is 1. The zero-order valence-electron chi connectivity index (χ0n) is 14.7. The Morgan fingerprint density at radius 3 is 2.50 bits per heavy atom. The fourth-order valence-corrected chi connectivity index (χ4v) is 3.46. The van der Waals surface area contributed by atoms with Gasteiger partial charge in [-0.25, -0.2) is 0 Å². The van der Waals surface area contributed by atoms with E-state index < -0.39 is 0 Å². The molecular formula is C19H22N4O3. The van der Waals surface area contributed by atoms with Crippen molar-refractivity contribution in [2.75, 3.05) is 36.4 Å². The molecule has 1 aliphatic carbocycles. The summed E-state index contributed by atoms with van der Waals surface area (Å²) < 4.78 is 4.94. The minimum absolute atomic E-state index is 0.0918. The van der Waals surface area contributed by atoms with E-state index >= 15 is 0 Å². The number of hydrogen-bond donors (Lipinski definition) is 1. The largest absolute Gasteiger partial charge is 0.368 e. The maximum atomic E-state index is 12.7. The van der Waals surface area contributed by atoms with Gasteiger partial charge < -0.3 is 19.6 Å². The Bertz CT molecular complexity index is 796. The number of carbonyl (C=O) groups is 2. The summed E-state index contributed by atoms with van der Waals surface area (Å²) >= 11 is 0. The molecule has 1 aromatic carbocycles. The summed E-state index contributed by atoms with van der Waals surface area (Å²) in [6, 6.07) is 11.9. The second-order valence-corrected chi connectivity index (χ2v) is 6.91. The average molecular weight is 354 g/mol. The van der Waals surface area contributed by atoms with Crippen LogP contribution >= 0.6 is 0 Å². The first-order valence-corrected chi connectivity index (χ1v) is 8.95. The highest BCUT2D eigenvalue weighted by Gasteiger charge is 2.49. The van der Waals surface area contributed by atoms with Gasteiger partial charge in [0.15, 0.2) is 5.82 Å². The second kappa shape index (κ2) is 6.82. The summed E-state index contributed by atoms with van der Waals surface area (Å²) in [5, 5.41) is 6.47. The van der Waals surface area contributed by atoms with Crippen LogP contribution in [0.5, 0.6) is 0 Å². The molecule has 2 aromatic rings. The maximum absolute atomic E-state index is 12.7. The van der Waals surface area contributed by atoms with E-state index in [1.54, 1.807) is 13.0 Å². The number of rotatable bonds is 4. The fourth-order valence-electron chi connectivity index (χ4n) is 3.46. The fraction of sp³-hybridized carbons (Fsp3) is 0.421. The maximum Gasteiger partial charge on any atom is 0.229 e. The second-order valence-electron chi connectivity index (χ2n) is 6.91. The zero-order chi connectivity index (χ0) is 18.1. The highest BCUT2D eigenvalue weighted by Crippen LogP contribution is 2.41. The Morgan fingerprint density at radius 1 is 1.12 bits per heavy atom. The normalized spacial score (nSPS) is 22.2. The Morgan fingerprint density at radius 2 is 1.85 bits per heavy atom. The van der Waals surface area contributed by atoms with Crippen LogP contribution in [0.4, 0.5) is 11.5 Å². The molecule has 2 aliphatic rings. The van der Waals surface area contributed by atoms with Crippen LogP contribution < -0.4 is 10.2 Å². The van der Waals surface area contributed by atoms with Gasteiger partial charge >= 0.3 is 0 Å². The molecule has 26 heavy (non-hydrogen) atoms. The van der Waals surface area contributed by atoms with Gasteiger partial charge in [-0.3, -0.25) is 9.59 Å².